The second kappa shape index (κ2) is 5.41. The highest BCUT2D eigenvalue weighted by Gasteiger charge is 2.22. The minimum absolute atomic E-state index is 0.586. The van der Waals surface area contributed by atoms with Crippen molar-refractivity contribution in [3.63, 3.8) is 0 Å². The third-order valence-electron chi connectivity index (χ3n) is 3.82. The van der Waals surface area contributed by atoms with Gasteiger partial charge in [0.2, 0.25) is 0 Å². The van der Waals surface area contributed by atoms with Crippen LogP contribution in [0.5, 0.6) is 5.75 Å². The van der Waals surface area contributed by atoms with Crippen LogP contribution in [0.1, 0.15) is 24.6 Å². The van der Waals surface area contributed by atoms with Crippen LogP contribution in [0.3, 0.4) is 0 Å². The van der Waals surface area contributed by atoms with E-state index in [1.807, 2.05) is 24.3 Å². The first-order chi connectivity index (χ1) is 9.69. The van der Waals surface area contributed by atoms with Crippen molar-refractivity contribution in [3.05, 3.63) is 40.7 Å². The van der Waals surface area contributed by atoms with Gasteiger partial charge in [0, 0.05) is 11.3 Å². The molecule has 0 saturated carbocycles. The summed E-state index contributed by atoms with van der Waals surface area (Å²) in [5.74, 6) is 2.08. The topological polar surface area (TPSA) is 35.0 Å². The fraction of sp³-hybridized carbons (Fsp3) is 0.375. The van der Waals surface area contributed by atoms with Gasteiger partial charge in [0.1, 0.15) is 10.9 Å². The predicted octanol–water partition coefficient (Wildman–Crippen LogP) is 3.93. The van der Waals surface area contributed by atoms with Crippen molar-refractivity contribution in [2.24, 2.45) is 5.92 Å². The Morgan fingerprint density at radius 3 is 2.85 bits per heavy atom. The van der Waals surface area contributed by atoms with Crippen LogP contribution in [0.15, 0.2) is 24.3 Å². The van der Waals surface area contributed by atoms with Crippen LogP contribution in [0.25, 0.3) is 11.4 Å². The minimum Gasteiger partial charge on any atom is -0.496 e. The van der Waals surface area contributed by atoms with Gasteiger partial charge in [-0.05, 0) is 37.3 Å². The van der Waals surface area contributed by atoms with E-state index in [0.717, 1.165) is 41.8 Å². The average Bonchev–Trinajstić information content (AvgIpc) is 2.46. The first-order valence-corrected chi connectivity index (χ1v) is 7.25. The maximum atomic E-state index is 6.35. The quantitative estimate of drug-likeness (QED) is 0.785. The highest BCUT2D eigenvalue weighted by atomic mass is 35.5. The number of methoxy groups -OCH3 is 1. The van der Waals surface area contributed by atoms with E-state index in [0.29, 0.717) is 16.9 Å². The molecule has 1 aromatic carbocycles. The normalized spacial score (nSPS) is 17.6. The fourth-order valence-electron chi connectivity index (χ4n) is 2.69. The van der Waals surface area contributed by atoms with E-state index >= 15 is 0 Å². The Kier molecular flexibility index (Phi) is 3.62. The van der Waals surface area contributed by atoms with Gasteiger partial charge in [-0.3, -0.25) is 0 Å². The minimum atomic E-state index is 0.586. The average molecular weight is 289 g/mol. The molecule has 0 spiro atoms. The molecule has 0 fully saturated rings. The van der Waals surface area contributed by atoms with Crippen molar-refractivity contribution in [1.82, 2.24) is 9.97 Å². The molecule has 4 heteroatoms. The Hall–Kier alpha value is -1.61. The molecule has 2 aromatic rings. The van der Waals surface area contributed by atoms with Crippen molar-refractivity contribution in [3.8, 4) is 17.1 Å². The van der Waals surface area contributed by atoms with Gasteiger partial charge >= 0.3 is 0 Å². The number of halogens is 1. The summed E-state index contributed by atoms with van der Waals surface area (Å²) >= 11 is 6.35. The largest absolute Gasteiger partial charge is 0.496 e. The van der Waals surface area contributed by atoms with Crippen LogP contribution in [-0.4, -0.2) is 17.1 Å². The van der Waals surface area contributed by atoms with Gasteiger partial charge in [0.25, 0.3) is 0 Å². The second-order valence-corrected chi connectivity index (χ2v) is 5.67. The third kappa shape index (κ3) is 2.38. The third-order valence-corrected chi connectivity index (χ3v) is 4.13. The number of hydrogen-bond acceptors (Lipinski definition) is 3. The van der Waals surface area contributed by atoms with Crippen LogP contribution in [0.4, 0.5) is 0 Å². The van der Waals surface area contributed by atoms with Gasteiger partial charge < -0.3 is 4.74 Å². The number of para-hydroxylation sites is 1. The number of ether oxygens (including phenoxy) is 1. The Morgan fingerprint density at radius 1 is 1.25 bits per heavy atom. The molecule has 20 heavy (non-hydrogen) atoms. The molecule has 1 aliphatic carbocycles. The summed E-state index contributed by atoms with van der Waals surface area (Å²) in [4.78, 5) is 9.19. The van der Waals surface area contributed by atoms with Crippen LogP contribution in [-0.2, 0) is 12.8 Å². The molecule has 0 aliphatic heterocycles. The van der Waals surface area contributed by atoms with Gasteiger partial charge in [-0.2, -0.15) is 0 Å². The number of aromatic nitrogens is 2. The maximum Gasteiger partial charge on any atom is 0.164 e. The number of benzene rings is 1. The molecule has 3 rings (SSSR count). The van der Waals surface area contributed by atoms with Gasteiger partial charge in [0.05, 0.1) is 12.7 Å². The molecule has 0 bridgehead atoms. The molecule has 1 aromatic heterocycles. The smallest absolute Gasteiger partial charge is 0.164 e. The summed E-state index contributed by atoms with van der Waals surface area (Å²) in [5, 5.41) is 0.586. The molecule has 0 saturated heterocycles. The molecule has 1 atom stereocenters. The lowest BCUT2D eigenvalue weighted by Crippen LogP contribution is -2.15. The molecule has 0 N–H and O–H groups in total. The zero-order valence-electron chi connectivity index (χ0n) is 11.7. The van der Waals surface area contributed by atoms with Crippen molar-refractivity contribution >= 4 is 11.6 Å². The zero-order valence-corrected chi connectivity index (χ0v) is 12.4. The molecule has 1 heterocycles. The van der Waals surface area contributed by atoms with Crippen molar-refractivity contribution in [1.29, 1.82) is 0 Å². The molecule has 3 nitrogen and oxygen atoms in total. The zero-order chi connectivity index (χ0) is 14.1. The Morgan fingerprint density at radius 2 is 2.05 bits per heavy atom. The van der Waals surface area contributed by atoms with Gasteiger partial charge in [-0.25, -0.2) is 9.97 Å². The Labute approximate surface area is 124 Å². The molecule has 0 amide bonds. The van der Waals surface area contributed by atoms with E-state index in [-0.39, 0.29) is 0 Å². The summed E-state index contributed by atoms with van der Waals surface area (Å²) < 4.78 is 5.38. The van der Waals surface area contributed by atoms with E-state index in [4.69, 9.17) is 21.3 Å². The molecule has 1 aliphatic rings. The van der Waals surface area contributed by atoms with Crippen molar-refractivity contribution in [2.75, 3.05) is 7.11 Å². The van der Waals surface area contributed by atoms with E-state index in [1.54, 1.807) is 7.11 Å². The maximum absolute atomic E-state index is 6.35. The predicted molar refractivity (Wildman–Crippen MR) is 80.2 cm³/mol. The molecule has 104 valence electrons. The SMILES string of the molecule is COc1ccccc1-c1nc(Cl)c2c(n1)CC(C)CC2. The number of nitrogens with zero attached hydrogens (tertiary/aromatic N) is 2. The highest BCUT2D eigenvalue weighted by Crippen LogP contribution is 2.33. The Balaban J connectivity index is 2.11. The summed E-state index contributed by atoms with van der Waals surface area (Å²) in [6, 6.07) is 7.76. The number of rotatable bonds is 2. The van der Waals surface area contributed by atoms with Gasteiger partial charge in [0.15, 0.2) is 5.82 Å². The summed E-state index contributed by atoms with van der Waals surface area (Å²) in [6.45, 7) is 2.25. The van der Waals surface area contributed by atoms with Crippen LogP contribution in [0, 0.1) is 5.92 Å². The molecular weight excluding hydrogens is 272 g/mol. The van der Waals surface area contributed by atoms with E-state index in [9.17, 15) is 0 Å². The molecular formula is C16H17ClN2O. The summed E-state index contributed by atoms with van der Waals surface area (Å²) in [6.07, 6.45) is 3.10. The number of fused-ring (bicyclic) bond motifs is 1. The fourth-order valence-corrected chi connectivity index (χ4v) is 2.97. The first kappa shape index (κ1) is 13.4. The van der Waals surface area contributed by atoms with Crippen molar-refractivity contribution in [2.45, 2.75) is 26.2 Å². The first-order valence-electron chi connectivity index (χ1n) is 6.87. The lowest BCUT2D eigenvalue weighted by Gasteiger charge is -2.21. The van der Waals surface area contributed by atoms with Crippen LogP contribution < -0.4 is 4.74 Å². The van der Waals surface area contributed by atoms with Crippen molar-refractivity contribution < 1.29 is 4.74 Å². The molecule has 1 unspecified atom stereocenters. The number of hydrogen-bond donors (Lipinski definition) is 0. The van der Waals surface area contributed by atoms with E-state index in [2.05, 4.69) is 11.9 Å². The van der Waals surface area contributed by atoms with Gasteiger partial charge in [-0.15, -0.1) is 0 Å². The lowest BCUT2D eigenvalue weighted by molar-refractivity contribution is 0.416. The van der Waals surface area contributed by atoms with Crippen LogP contribution in [0.2, 0.25) is 5.15 Å². The molecule has 0 radical (unpaired) electrons. The monoisotopic (exact) mass is 288 g/mol. The van der Waals surface area contributed by atoms with E-state index in [1.165, 1.54) is 0 Å². The van der Waals surface area contributed by atoms with E-state index < -0.39 is 0 Å². The lowest BCUT2D eigenvalue weighted by atomic mass is 9.89. The standard InChI is InChI=1S/C16H17ClN2O/c1-10-7-8-11-13(9-10)18-16(19-15(11)17)12-5-3-4-6-14(12)20-2/h3-6,10H,7-9H2,1-2H3. The Bertz CT molecular complexity index is 642. The highest BCUT2D eigenvalue weighted by molar-refractivity contribution is 6.30. The summed E-state index contributed by atoms with van der Waals surface area (Å²) in [5.41, 5.74) is 3.09. The van der Waals surface area contributed by atoms with Gasteiger partial charge in [-0.1, -0.05) is 30.7 Å². The van der Waals surface area contributed by atoms with Crippen LogP contribution >= 0.6 is 11.6 Å². The summed E-state index contributed by atoms with van der Waals surface area (Å²) in [7, 11) is 1.65. The second-order valence-electron chi connectivity index (χ2n) is 5.31.